The van der Waals surface area contributed by atoms with Gasteiger partial charge in [0.2, 0.25) is 5.91 Å². The molecule has 4 heterocycles. The summed E-state index contributed by atoms with van der Waals surface area (Å²) >= 11 is 0. The van der Waals surface area contributed by atoms with Gasteiger partial charge in [-0.1, -0.05) is 0 Å². The first-order valence-corrected chi connectivity index (χ1v) is 9.10. The average molecular weight is 392 g/mol. The molecule has 3 aromatic heterocycles. The summed E-state index contributed by atoms with van der Waals surface area (Å²) in [6.45, 7) is 1.31. The minimum atomic E-state index is -4.32. The molecule has 10 heteroatoms. The number of rotatable bonds is 4. The van der Waals surface area contributed by atoms with Gasteiger partial charge in [-0.2, -0.15) is 13.2 Å². The van der Waals surface area contributed by atoms with Crippen molar-refractivity contribution in [3.63, 3.8) is 0 Å². The molecule has 1 aliphatic rings. The van der Waals surface area contributed by atoms with E-state index < -0.39 is 24.9 Å². The third-order valence-electron chi connectivity index (χ3n) is 4.91. The number of H-pyrrole nitrogens is 1. The number of anilines is 1. The number of hydrogen-bond acceptors (Lipinski definition) is 5. The lowest BCUT2D eigenvalue weighted by atomic mass is 10.0. The lowest BCUT2D eigenvalue weighted by Crippen LogP contribution is -2.48. The second-order valence-corrected chi connectivity index (χ2v) is 6.94. The Labute approximate surface area is 158 Å². The molecular formula is C18H19F3N6O. The number of aromatic nitrogens is 4. The van der Waals surface area contributed by atoms with Gasteiger partial charge < -0.3 is 15.2 Å². The van der Waals surface area contributed by atoms with E-state index in [9.17, 15) is 18.0 Å². The number of piperidine rings is 1. The lowest BCUT2D eigenvalue weighted by molar-refractivity contribution is -0.144. The minimum Gasteiger partial charge on any atom is -0.369 e. The van der Waals surface area contributed by atoms with Gasteiger partial charge in [-0.15, -0.1) is 10.2 Å². The van der Waals surface area contributed by atoms with Crippen LogP contribution in [0, 0.1) is 0 Å². The smallest absolute Gasteiger partial charge is 0.369 e. The maximum Gasteiger partial charge on any atom is 0.389 e. The van der Waals surface area contributed by atoms with Gasteiger partial charge in [0.25, 0.3) is 0 Å². The van der Waals surface area contributed by atoms with Gasteiger partial charge >= 0.3 is 6.18 Å². The number of amides is 1. The van der Waals surface area contributed by atoms with Crippen LogP contribution in [0.15, 0.2) is 24.5 Å². The Morgan fingerprint density at radius 1 is 1.32 bits per heavy atom. The molecule has 0 aromatic carbocycles. The molecule has 1 fully saturated rings. The zero-order valence-corrected chi connectivity index (χ0v) is 15.0. The van der Waals surface area contributed by atoms with Crippen molar-refractivity contribution >= 4 is 33.7 Å². The van der Waals surface area contributed by atoms with Gasteiger partial charge in [-0.25, -0.2) is 4.98 Å². The Morgan fingerprint density at radius 3 is 3.00 bits per heavy atom. The van der Waals surface area contributed by atoms with Crippen LogP contribution in [0.25, 0.3) is 22.1 Å². The molecule has 148 valence electrons. The molecule has 4 rings (SSSR count). The van der Waals surface area contributed by atoms with Crippen molar-refractivity contribution < 1.29 is 18.0 Å². The Bertz CT molecular complexity index is 1000. The second-order valence-electron chi connectivity index (χ2n) is 6.94. The Balaban J connectivity index is 1.54. The summed E-state index contributed by atoms with van der Waals surface area (Å²) in [5.74, 6) is -0.566. The molecule has 0 aliphatic carbocycles. The van der Waals surface area contributed by atoms with Gasteiger partial charge in [0.05, 0.1) is 17.5 Å². The third kappa shape index (κ3) is 3.85. The molecule has 0 saturated carbocycles. The van der Waals surface area contributed by atoms with E-state index in [1.165, 1.54) is 0 Å². The number of fused-ring (bicyclic) bond motifs is 3. The number of halogens is 3. The summed E-state index contributed by atoms with van der Waals surface area (Å²) in [6, 6.07) is 3.62. The number of alkyl halides is 3. The number of nitrogens with zero attached hydrogens (tertiary/aromatic N) is 4. The van der Waals surface area contributed by atoms with Crippen molar-refractivity contribution in [2.75, 3.05) is 18.0 Å². The molecule has 2 N–H and O–H groups in total. The highest BCUT2D eigenvalue weighted by Crippen LogP contribution is 2.31. The Kier molecular flexibility index (Phi) is 4.78. The third-order valence-corrected chi connectivity index (χ3v) is 4.91. The number of aromatic amines is 1. The van der Waals surface area contributed by atoms with E-state index in [0.717, 1.165) is 35.8 Å². The van der Waals surface area contributed by atoms with Crippen molar-refractivity contribution in [1.29, 1.82) is 0 Å². The molecule has 0 radical (unpaired) electrons. The Hall–Kier alpha value is -2.91. The highest BCUT2D eigenvalue weighted by Gasteiger charge is 2.29. The van der Waals surface area contributed by atoms with Crippen LogP contribution in [0.5, 0.6) is 0 Å². The maximum absolute atomic E-state index is 12.3. The highest BCUT2D eigenvalue weighted by atomic mass is 19.4. The van der Waals surface area contributed by atoms with Crippen molar-refractivity contribution in [3.8, 4) is 0 Å². The van der Waals surface area contributed by atoms with Crippen molar-refractivity contribution in [2.45, 2.75) is 37.9 Å². The van der Waals surface area contributed by atoms with Crippen LogP contribution in [0.3, 0.4) is 0 Å². The van der Waals surface area contributed by atoms with Crippen LogP contribution >= 0.6 is 0 Å². The summed E-state index contributed by atoms with van der Waals surface area (Å²) in [6.07, 6.45) is -0.956. The fourth-order valence-electron chi connectivity index (χ4n) is 3.65. The van der Waals surface area contributed by atoms with Crippen molar-refractivity contribution in [2.24, 2.45) is 0 Å². The quantitative estimate of drug-likeness (QED) is 0.713. The largest absolute Gasteiger partial charge is 0.389 e. The summed E-state index contributed by atoms with van der Waals surface area (Å²) in [5, 5.41) is 12.8. The van der Waals surface area contributed by atoms with E-state index in [0.29, 0.717) is 17.8 Å². The first-order valence-electron chi connectivity index (χ1n) is 9.10. The summed E-state index contributed by atoms with van der Waals surface area (Å²) in [7, 11) is 0. The van der Waals surface area contributed by atoms with Crippen LogP contribution in [0.4, 0.5) is 18.9 Å². The maximum atomic E-state index is 12.3. The van der Waals surface area contributed by atoms with Gasteiger partial charge in [0.1, 0.15) is 0 Å². The molecular weight excluding hydrogens is 373 g/mol. The Morgan fingerprint density at radius 2 is 2.18 bits per heavy atom. The summed E-state index contributed by atoms with van der Waals surface area (Å²) in [5.41, 5.74) is 2.13. The van der Waals surface area contributed by atoms with E-state index in [4.69, 9.17) is 0 Å². The predicted molar refractivity (Wildman–Crippen MR) is 97.9 cm³/mol. The van der Waals surface area contributed by atoms with Crippen molar-refractivity contribution in [1.82, 2.24) is 25.5 Å². The molecule has 0 bridgehead atoms. The van der Waals surface area contributed by atoms with E-state index in [-0.39, 0.29) is 6.04 Å². The van der Waals surface area contributed by atoms with E-state index in [1.807, 2.05) is 12.1 Å². The summed E-state index contributed by atoms with van der Waals surface area (Å²) < 4.78 is 37.0. The number of hydrogen-bond donors (Lipinski definition) is 2. The van der Waals surface area contributed by atoms with E-state index >= 15 is 0 Å². The molecule has 0 spiro atoms. The fourth-order valence-corrected chi connectivity index (χ4v) is 3.65. The number of carbonyl (C=O) groups is 1. The topological polar surface area (TPSA) is 86.8 Å². The van der Waals surface area contributed by atoms with Gasteiger partial charge in [-0.3, -0.25) is 4.79 Å². The molecule has 28 heavy (non-hydrogen) atoms. The zero-order valence-electron chi connectivity index (χ0n) is 15.0. The normalized spacial score (nSPS) is 18.0. The lowest BCUT2D eigenvalue weighted by Gasteiger charge is -2.35. The standard InChI is InChI=1S/C18H19F3N6O/c19-18(20,21)6-3-14(28)24-11-2-1-9-27(10-11)13-5-8-23-17-15(13)12-4-7-22-16(12)25-26-17/h4-5,7-8,11H,1-3,6,9-10H2,(H,23,26)(H,24,28). The molecule has 7 nitrogen and oxygen atoms in total. The second kappa shape index (κ2) is 7.25. The molecule has 1 atom stereocenters. The van der Waals surface area contributed by atoms with Crippen LogP contribution in [0.1, 0.15) is 25.7 Å². The fraction of sp³-hybridized carbons (Fsp3) is 0.444. The van der Waals surface area contributed by atoms with Crippen LogP contribution in [0.2, 0.25) is 0 Å². The zero-order chi connectivity index (χ0) is 19.7. The van der Waals surface area contributed by atoms with Gasteiger partial charge in [0.15, 0.2) is 11.3 Å². The highest BCUT2D eigenvalue weighted by molar-refractivity contribution is 6.08. The number of pyridine rings is 1. The number of carbonyl (C=O) groups excluding carboxylic acids is 1. The first-order chi connectivity index (χ1) is 13.4. The summed E-state index contributed by atoms with van der Waals surface area (Å²) in [4.78, 5) is 21.3. The minimum absolute atomic E-state index is 0.197. The molecule has 1 aliphatic heterocycles. The predicted octanol–water partition coefficient (Wildman–Crippen LogP) is 2.93. The molecule has 3 aromatic rings. The number of nitrogens with one attached hydrogen (secondary N) is 2. The molecule has 1 saturated heterocycles. The van der Waals surface area contributed by atoms with E-state index in [1.54, 1.807) is 12.4 Å². The monoisotopic (exact) mass is 392 g/mol. The van der Waals surface area contributed by atoms with Crippen LogP contribution in [-0.2, 0) is 4.79 Å². The molecule has 1 amide bonds. The van der Waals surface area contributed by atoms with Crippen LogP contribution in [-0.4, -0.2) is 51.4 Å². The van der Waals surface area contributed by atoms with Gasteiger partial charge in [0, 0.05) is 43.3 Å². The van der Waals surface area contributed by atoms with Gasteiger partial charge in [-0.05, 0) is 25.0 Å². The van der Waals surface area contributed by atoms with E-state index in [2.05, 4.69) is 30.4 Å². The average Bonchev–Trinajstić information content (AvgIpc) is 3.15. The molecule has 1 unspecified atom stereocenters. The van der Waals surface area contributed by atoms with Crippen molar-refractivity contribution in [3.05, 3.63) is 24.5 Å². The first kappa shape index (κ1) is 18.5. The van der Waals surface area contributed by atoms with Crippen LogP contribution < -0.4 is 10.2 Å². The SMILES string of the molecule is O=C(CCC(F)(F)F)NC1CCCN(c2cc[nH]c3nnc4nccc4c23)C1.